The normalized spacial score (nSPS) is 11.8. The van der Waals surface area contributed by atoms with Crippen molar-refractivity contribution >= 4 is 5.71 Å². The first-order valence-electron chi connectivity index (χ1n) is 6.42. The molecule has 0 aromatic heterocycles. The van der Waals surface area contributed by atoms with Crippen LogP contribution in [0.4, 0.5) is 0 Å². The van der Waals surface area contributed by atoms with Crippen LogP contribution in [-0.2, 0) is 0 Å². The number of hydrogen-bond donors (Lipinski definition) is 0. The molecule has 0 bridgehead atoms. The molecule has 88 valence electrons. The number of hydrogen-bond acceptors (Lipinski definition) is 1. The number of unbranched alkanes of at least 4 members (excludes halogenated alkanes) is 5. The molecule has 0 spiro atoms. The van der Waals surface area contributed by atoms with E-state index in [-0.39, 0.29) is 0 Å². The summed E-state index contributed by atoms with van der Waals surface area (Å²) < 4.78 is 0. The topological polar surface area (TPSA) is 12.4 Å². The predicted octanol–water partition coefficient (Wildman–Crippen LogP) is 5.12. The Hall–Kier alpha value is -0.590. The molecule has 0 saturated heterocycles. The third-order valence-electron chi connectivity index (χ3n) is 2.58. The summed E-state index contributed by atoms with van der Waals surface area (Å²) in [6, 6.07) is 0. The first kappa shape index (κ1) is 14.4. The van der Waals surface area contributed by atoms with E-state index in [2.05, 4.69) is 25.4 Å². The average Bonchev–Trinajstić information content (AvgIpc) is 2.20. The Morgan fingerprint density at radius 1 is 1.00 bits per heavy atom. The van der Waals surface area contributed by atoms with E-state index in [0.717, 1.165) is 18.5 Å². The first-order valence-corrected chi connectivity index (χ1v) is 6.42. The standard InChI is InChI=1S/C14H27N/c1-5-7-8-9-10-11-12-14(6-2)15-13(3)4/h3,5-12H2,1-2,4H3. The lowest BCUT2D eigenvalue weighted by atomic mass is 10.1. The Balaban J connectivity index is 3.51. The van der Waals surface area contributed by atoms with Gasteiger partial charge in [0.15, 0.2) is 0 Å². The largest absolute Gasteiger partial charge is 0.263 e. The molecule has 0 heterocycles. The molecule has 0 atom stereocenters. The van der Waals surface area contributed by atoms with Crippen LogP contribution in [0.2, 0.25) is 0 Å². The molecule has 0 radical (unpaired) electrons. The molecule has 0 aliphatic carbocycles. The summed E-state index contributed by atoms with van der Waals surface area (Å²) in [5.41, 5.74) is 2.26. The summed E-state index contributed by atoms with van der Waals surface area (Å²) in [7, 11) is 0. The van der Waals surface area contributed by atoms with Crippen LogP contribution in [0.5, 0.6) is 0 Å². The van der Waals surface area contributed by atoms with Crippen molar-refractivity contribution < 1.29 is 0 Å². The lowest BCUT2D eigenvalue weighted by Crippen LogP contribution is -1.96. The molecular formula is C14H27N. The van der Waals surface area contributed by atoms with Gasteiger partial charge in [-0.05, 0) is 26.2 Å². The second-order valence-corrected chi connectivity index (χ2v) is 4.28. The van der Waals surface area contributed by atoms with Gasteiger partial charge in [0.2, 0.25) is 0 Å². The molecule has 0 fully saturated rings. The Bertz CT molecular complexity index is 192. The minimum absolute atomic E-state index is 0.942. The molecule has 1 heteroatoms. The fraction of sp³-hybridized carbons (Fsp3) is 0.786. The van der Waals surface area contributed by atoms with Crippen LogP contribution >= 0.6 is 0 Å². The number of aliphatic imine (C=N–C) groups is 1. The van der Waals surface area contributed by atoms with Gasteiger partial charge in [0.05, 0.1) is 0 Å². The number of allylic oxidation sites excluding steroid dienone is 1. The third kappa shape index (κ3) is 9.71. The molecule has 0 amide bonds. The minimum Gasteiger partial charge on any atom is -0.263 e. The minimum atomic E-state index is 0.942. The zero-order chi connectivity index (χ0) is 11.5. The predicted molar refractivity (Wildman–Crippen MR) is 70.5 cm³/mol. The fourth-order valence-electron chi connectivity index (χ4n) is 1.69. The lowest BCUT2D eigenvalue weighted by molar-refractivity contribution is 0.614. The van der Waals surface area contributed by atoms with E-state index in [1.807, 2.05) is 6.92 Å². The fourth-order valence-corrected chi connectivity index (χ4v) is 1.69. The smallest absolute Gasteiger partial charge is 0.0300 e. The Kier molecular flexibility index (Phi) is 9.55. The molecule has 1 nitrogen and oxygen atoms in total. The van der Waals surface area contributed by atoms with E-state index in [1.165, 1.54) is 44.2 Å². The van der Waals surface area contributed by atoms with Gasteiger partial charge in [0.25, 0.3) is 0 Å². The van der Waals surface area contributed by atoms with Crippen LogP contribution in [0.25, 0.3) is 0 Å². The van der Waals surface area contributed by atoms with Crippen molar-refractivity contribution in [3.8, 4) is 0 Å². The van der Waals surface area contributed by atoms with Gasteiger partial charge in [-0.2, -0.15) is 0 Å². The number of nitrogens with zero attached hydrogens (tertiary/aromatic N) is 1. The van der Waals surface area contributed by atoms with Crippen molar-refractivity contribution in [1.29, 1.82) is 0 Å². The van der Waals surface area contributed by atoms with Gasteiger partial charge in [-0.1, -0.05) is 52.5 Å². The van der Waals surface area contributed by atoms with Crippen LogP contribution in [-0.4, -0.2) is 5.71 Å². The van der Waals surface area contributed by atoms with Crippen molar-refractivity contribution in [3.63, 3.8) is 0 Å². The summed E-state index contributed by atoms with van der Waals surface area (Å²) in [6.45, 7) is 10.2. The first-order chi connectivity index (χ1) is 7.20. The van der Waals surface area contributed by atoms with E-state index >= 15 is 0 Å². The van der Waals surface area contributed by atoms with Crippen molar-refractivity contribution in [1.82, 2.24) is 0 Å². The molecule has 0 aromatic rings. The van der Waals surface area contributed by atoms with Gasteiger partial charge in [-0.15, -0.1) is 0 Å². The van der Waals surface area contributed by atoms with E-state index in [0.29, 0.717) is 0 Å². The van der Waals surface area contributed by atoms with Gasteiger partial charge in [-0.25, -0.2) is 0 Å². The molecule has 15 heavy (non-hydrogen) atoms. The number of rotatable bonds is 9. The highest BCUT2D eigenvalue weighted by molar-refractivity contribution is 5.84. The highest BCUT2D eigenvalue weighted by Crippen LogP contribution is 2.09. The highest BCUT2D eigenvalue weighted by atomic mass is 14.7. The summed E-state index contributed by atoms with van der Waals surface area (Å²) in [5, 5.41) is 0. The zero-order valence-corrected chi connectivity index (χ0v) is 10.8. The van der Waals surface area contributed by atoms with Crippen molar-refractivity contribution in [2.24, 2.45) is 4.99 Å². The van der Waals surface area contributed by atoms with Gasteiger partial charge < -0.3 is 0 Å². The maximum atomic E-state index is 4.45. The average molecular weight is 209 g/mol. The highest BCUT2D eigenvalue weighted by Gasteiger charge is 1.97. The second kappa shape index (κ2) is 9.95. The van der Waals surface area contributed by atoms with Crippen molar-refractivity contribution in [3.05, 3.63) is 12.3 Å². The molecule has 0 saturated carbocycles. The second-order valence-electron chi connectivity index (χ2n) is 4.28. The Morgan fingerprint density at radius 2 is 1.60 bits per heavy atom. The zero-order valence-electron chi connectivity index (χ0n) is 10.8. The van der Waals surface area contributed by atoms with Crippen LogP contribution < -0.4 is 0 Å². The van der Waals surface area contributed by atoms with E-state index in [9.17, 15) is 0 Å². The maximum Gasteiger partial charge on any atom is 0.0300 e. The van der Waals surface area contributed by atoms with Gasteiger partial charge in [0, 0.05) is 11.4 Å². The SMILES string of the molecule is C=C(C)N=C(CC)CCCCCCCC. The monoisotopic (exact) mass is 209 g/mol. The summed E-state index contributed by atoms with van der Waals surface area (Å²) in [6.07, 6.45) is 10.4. The van der Waals surface area contributed by atoms with Crippen molar-refractivity contribution in [2.45, 2.75) is 72.1 Å². The lowest BCUT2D eigenvalue weighted by Gasteiger charge is -2.04. The van der Waals surface area contributed by atoms with Gasteiger partial charge in [0.1, 0.15) is 0 Å². The molecule has 0 unspecified atom stereocenters. The maximum absolute atomic E-state index is 4.45. The van der Waals surface area contributed by atoms with Crippen LogP contribution in [0.15, 0.2) is 17.3 Å². The molecular weight excluding hydrogens is 182 g/mol. The Labute approximate surface area is 95.7 Å². The van der Waals surface area contributed by atoms with Gasteiger partial charge in [-0.3, -0.25) is 4.99 Å². The molecule has 0 aliphatic heterocycles. The van der Waals surface area contributed by atoms with Crippen LogP contribution in [0, 0.1) is 0 Å². The Morgan fingerprint density at radius 3 is 2.13 bits per heavy atom. The summed E-state index contributed by atoms with van der Waals surface area (Å²) >= 11 is 0. The third-order valence-corrected chi connectivity index (χ3v) is 2.58. The summed E-state index contributed by atoms with van der Waals surface area (Å²) in [4.78, 5) is 4.45. The van der Waals surface area contributed by atoms with E-state index < -0.39 is 0 Å². The molecule has 0 aromatic carbocycles. The van der Waals surface area contributed by atoms with Gasteiger partial charge >= 0.3 is 0 Å². The summed E-state index contributed by atoms with van der Waals surface area (Å²) in [5.74, 6) is 0. The van der Waals surface area contributed by atoms with E-state index in [4.69, 9.17) is 0 Å². The molecule has 0 N–H and O–H groups in total. The van der Waals surface area contributed by atoms with Crippen molar-refractivity contribution in [2.75, 3.05) is 0 Å². The quantitative estimate of drug-likeness (QED) is 0.369. The van der Waals surface area contributed by atoms with E-state index in [1.54, 1.807) is 0 Å². The molecule has 0 rings (SSSR count). The van der Waals surface area contributed by atoms with Crippen LogP contribution in [0.3, 0.4) is 0 Å². The molecule has 0 aliphatic rings. The van der Waals surface area contributed by atoms with Crippen LogP contribution in [0.1, 0.15) is 72.1 Å².